The van der Waals surface area contributed by atoms with Crippen molar-refractivity contribution in [3.63, 3.8) is 0 Å². The minimum atomic E-state index is -4.92. The van der Waals surface area contributed by atoms with E-state index in [9.17, 15) is 26.4 Å². The highest BCUT2D eigenvalue weighted by atomic mass is 33.1. The van der Waals surface area contributed by atoms with Crippen molar-refractivity contribution in [2.75, 3.05) is 18.6 Å². The van der Waals surface area contributed by atoms with Crippen LogP contribution >= 0.6 is 10.8 Å². The predicted octanol–water partition coefficient (Wildman–Crippen LogP) is 0.358. The zero-order chi connectivity index (χ0) is 11.4. The van der Waals surface area contributed by atoms with Crippen molar-refractivity contribution in [2.45, 2.75) is 6.18 Å². The molecule has 0 aromatic carbocycles. The van der Waals surface area contributed by atoms with Gasteiger partial charge in [0.05, 0.1) is 0 Å². The molecule has 0 atom stereocenters. The molecule has 0 unspecified atom stereocenters. The van der Waals surface area contributed by atoms with Crippen LogP contribution in [-0.2, 0) is 13.7 Å². The summed E-state index contributed by atoms with van der Waals surface area (Å²) < 4.78 is 55.7. The fraction of sp³-hybridized carbons (Fsp3) is 0.800. The molecule has 0 aliphatic carbocycles. The van der Waals surface area contributed by atoms with Crippen molar-refractivity contribution in [3.05, 3.63) is 0 Å². The summed E-state index contributed by atoms with van der Waals surface area (Å²) in [6.07, 6.45) is -3.99. The summed E-state index contributed by atoms with van der Waals surface area (Å²) in [6, 6.07) is 0. The van der Waals surface area contributed by atoms with Gasteiger partial charge in [0.1, 0.15) is 0 Å². The minimum absolute atomic E-state index is 0.110. The summed E-state index contributed by atoms with van der Waals surface area (Å²) in [5.41, 5.74) is 0. The first-order valence-electron chi connectivity index (χ1n) is 3.32. The van der Waals surface area contributed by atoms with Crippen LogP contribution in [0.25, 0.3) is 0 Å². The standard InChI is InChI=1S/C5H8F3NO3S2/c1-14(11,12)13-3-2-9-4(10)5(6,7)8/h2-3H2,1H3,(H,9,10). The highest BCUT2D eigenvalue weighted by Crippen LogP contribution is 2.14. The number of carbonyl (C=O) groups is 1. The molecule has 0 heterocycles. The Morgan fingerprint density at radius 3 is 2.29 bits per heavy atom. The van der Waals surface area contributed by atoms with Gasteiger partial charge in [0.15, 0.2) is 8.87 Å². The zero-order valence-electron chi connectivity index (χ0n) is 7.09. The van der Waals surface area contributed by atoms with E-state index in [1.165, 1.54) is 0 Å². The number of halogens is 3. The van der Waals surface area contributed by atoms with Gasteiger partial charge in [-0.2, -0.15) is 13.2 Å². The van der Waals surface area contributed by atoms with E-state index in [4.69, 9.17) is 0 Å². The van der Waals surface area contributed by atoms with Crippen molar-refractivity contribution in [3.8, 4) is 0 Å². The summed E-state index contributed by atoms with van der Waals surface area (Å²) in [7, 11) is -2.80. The van der Waals surface area contributed by atoms with E-state index in [-0.39, 0.29) is 12.3 Å². The Bertz CT molecular complexity index is 298. The lowest BCUT2D eigenvalue weighted by molar-refractivity contribution is -0.173. The summed E-state index contributed by atoms with van der Waals surface area (Å²) in [5.74, 6) is -2.17. The van der Waals surface area contributed by atoms with Crippen LogP contribution in [0.5, 0.6) is 0 Å². The Balaban J connectivity index is 3.72. The molecule has 0 rings (SSSR count). The van der Waals surface area contributed by atoms with Crippen LogP contribution in [0.2, 0.25) is 0 Å². The molecule has 84 valence electrons. The van der Waals surface area contributed by atoms with Crippen LogP contribution in [0.3, 0.4) is 0 Å². The fourth-order valence-corrected chi connectivity index (χ4v) is 2.10. The number of hydrogen-bond donors (Lipinski definition) is 1. The Morgan fingerprint density at radius 2 is 1.93 bits per heavy atom. The number of hydrogen-bond acceptors (Lipinski definition) is 4. The van der Waals surface area contributed by atoms with Gasteiger partial charge >= 0.3 is 12.1 Å². The molecule has 0 aromatic heterocycles. The maximum Gasteiger partial charge on any atom is 0.471 e. The molecule has 0 radical (unpaired) electrons. The van der Waals surface area contributed by atoms with E-state index >= 15 is 0 Å². The third kappa shape index (κ3) is 7.01. The van der Waals surface area contributed by atoms with Crippen LogP contribution in [0, 0.1) is 0 Å². The second kappa shape index (κ2) is 4.87. The van der Waals surface area contributed by atoms with Gasteiger partial charge in [0.2, 0.25) is 0 Å². The van der Waals surface area contributed by atoms with Gasteiger partial charge < -0.3 is 5.32 Å². The first-order valence-corrected chi connectivity index (χ1v) is 6.72. The molecular formula is C5H8F3NO3S2. The van der Waals surface area contributed by atoms with Gasteiger partial charge in [-0.3, -0.25) is 4.79 Å². The van der Waals surface area contributed by atoms with E-state index in [0.717, 1.165) is 6.26 Å². The first-order chi connectivity index (χ1) is 6.13. The van der Waals surface area contributed by atoms with Crippen LogP contribution in [-0.4, -0.2) is 39.1 Å². The molecule has 0 fully saturated rings. The number of nitrogens with one attached hydrogen (secondary N) is 1. The molecule has 14 heavy (non-hydrogen) atoms. The van der Waals surface area contributed by atoms with Crippen molar-refractivity contribution < 1.29 is 26.4 Å². The van der Waals surface area contributed by atoms with Crippen molar-refractivity contribution in [1.82, 2.24) is 5.32 Å². The van der Waals surface area contributed by atoms with Crippen molar-refractivity contribution in [2.24, 2.45) is 0 Å². The van der Waals surface area contributed by atoms with Gasteiger partial charge in [-0.15, -0.1) is 0 Å². The van der Waals surface area contributed by atoms with Gasteiger partial charge in [-0.05, 0) is 10.8 Å². The third-order valence-electron chi connectivity index (χ3n) is 0.942. The van der Waals surface area contributed by atoms with Gasteiger partial charge in [-0.1, -0.05) is 0 Å². The Kier molecular flexibility index (Phi) is 4.72. The summed E-state index contributed by atoms with van der Waals surface area (Å²) in [5, 5.41) is 1.55. The topological polar surface area (TPSA) is 63.2 Å². The highest BCUT2D eigenvalue weighted by molar-refractivity contribution is 8.71. The largest absolute Gasteiger partial charge is 0.471 e. The summed E-state index contributed by atoms with van der Waals surface area (Å²) in [4.78, 5) is 10.2. The van der Waals surface area contributed by atoms with Crippen molar-refractivity contribution in [1.29, 1.82) is 0 Å². The van der Waals surface area contributed by atoms with Gasteiger partial charge in [0, 0.05) is 18.6 Å². The normalized spacial score (nSPS) is 12.6. The molecular weight excluding hydrogens is 243 g/mol. The molecule has 4 nitrogen and oxygen atoms in total. The number of alkyl halides is 3. The predicted molar refractivity (Wildman–Crippen MR) is 46.4 cm³/mol. The molecule has 0 bridgehead atoms. The van der Waals surface area contributed by atoms with Crippen LogP contribution in [0.15, 0.2) is 0 Å². The Morgan fingerprint density at radius 1 is 1.43 bits per heavy atom. The van der Waals surface area contributed by atoms with Crippen molar-refractivity contribution >= 4 is 25.6 Å². The SMILES string of the molecule is CS(=O)(=O)SCCNC(=O)C(F)(F)F. The summed E-state index contributed by atoms with van der Waals surface area (Å²) in [6.45, 7) is -0.337. The molecule has 0 saturated carbocycles. The summed E-state index contributed by atoms with van der Waals surface area (Å²) >= 11 is 0. The minimum Gasteiger partial charge on any atom is -0.347 e. The maximum absolute atomic E-state index is 11.6. The van der Waals surface area contributed by atoms with Crippen LogP contribution < -0.4 is 5.32 Å². The second-order valence-corrected chi connectivity index (χ2v) is 6.86. The Hall–Kier alpha value is -0.440. The average Bonchev–Trinajstić information content (AvgIpc) is 1.93. The molecule has 1 amide bonds. The number of carbonyl (C=O) groups excluding carboxylic acids is 1. The Labute approximate surface area is 82.6 Å². The van der Waals surface area contributed by atoms with Gasteiger partial charge in [-0.25, -0.2) is 8.42 Å². The van der Waals surface area contributed by atoms with E-state index in [2.05, 4.69) is 0 Å². The fourth-order valence-electron chi connectivity index (χ4n) is 0.458. The molecule has 0 spiro atoms. The lowest BCUT2D eigenvalue weighted by Crippen LogP contribution is -2.37. The monoisotopic (exact) mass is 251 g/mol. The maximum atomic E-state index is 11.6. The third-order valence-corrected chi connectivity index (χ3v) is 3.53. The second-order valence-electron chi connectivity index (χ2n) is 2.28. The number of rotatable bonds is 4. The van der Waals surface area contributed by atoms with E-state index in [1.807, 2.05) is 0 Å². The highest BCUT2D eigenvalue weighted by Gasteiger charge is 2.38. The average molecular weight is 251 g/mol. The van der Waals surface area contributed by atoms with E-state index in [1.54, 1.807) is 5.32 Å². The smallest absolute Gasteiger partial charge is 0.347 e. The lowest BCUT2D eigenvalue weighted by atomic mass is 10.5. The molecule has 0 aliphatic rings. The van der Waals surface area contributed by atoms with Gasteiger partial charge in [0.25, 0.3) is 0 Å². The molecule has 1 N–H and O–H groups in total. The lowest BCUT2D eigenvalue weighted by Gasteiger charge is -2.06. The molecule has 0 aliphatic heterocycles. The van der Waals surface area contributed by atoms with E-state index < -0.39 is 21.0 Å². The molecule has 9 heteroatoms. The molecule has 0 saturated heterocycles. The van der Waals surface area contributed by atoms with Crippen LogP contribution in [0.4, 0.5) is 13.2 Å². The number of amides is 1. The molecule has 0 aromatic rings. The zero-order valence-corrected chi connectivity index (χ0v) is 8.72. The quantitative estimate of drug-likeness (QED) is 0.578. The first kappa shape index (κ1) is 13.6. The van der Waals surface area contributed by atoms with Crippen LogP contribution in [0.1, 0.15) is 0 Å². The van der Waals surface area contributed by atoms with E-state index in [0.29, 0.717) is 10.8 Å².